The Morgan fingerprint density at radius 2 is 1.86 bits per heavy atom. The van der Waals surface area contributed by atoms with Crippen LogP contribution in [0.5, 0.6) is 0 Å². The minimum Gasteiger partial charge on any atom is -0.448 e. The van der Waals surface area contributed by atoms with Crippen molar-refractivity contribution in [1.29, 1.82) is 0 Å². The molecule has 1 aromatic rings. The van der Waals surface area contributed by atoms with E-state index in [9.17, 15) is 9.59 Å². The average Bonchev–Trinajstić information content (AvgIpc) is 2.15. The molecule has 0 saturated carbocycles. The SMILES string of the molecule is CC(=O)OC(C(=O)Cl)c1ccccc1. The molecule has 74 valence electrons. The van der Waals surface area contributed by atoms with Crippen LogP contribution in [0.2, 0.25) is 0 Å². The third-order valence-corrected chi connectivity index (χ3v) is 1.79. The van der Waals surface area contributed by atoms with Gasteiger partial charge in [0.25, 0.3) is 5.24 Å². The fraction of sp³-hybridized carbons (Fsp3) is 0.200. The molecule has 0 saturated heterocycles. The second kappa shape index (κ2) is 4.77. The van der Waals surface area contributed by atoms with Gasteiger partial charge in [-0.25, -0.2) is 0 Å². The largest absolute Gasteiger partial charge is 0.448 e. The monoisotopic (exact) mass is 212 g/mol. The van der Waals surface area contributed by atoms with Crippen LogP contribution in [-0.2, 0) is 14.3 Å². The molecular formula is C10H9ClO3. The van der Waals surface area contributed by atoms with Crippen LogP contribution >= 0.6 is 11.6 Å². The van der Waals surface area contributed by atoms with Gasteiger partial charge in [-0.2, -0.15) is 0 Å². The lowest BCUT2D eigenvalue weighted by molar-refractivity contribution is -0.150. The van der Waals surface area contributed by atoms with E-state index in [4.69, 9.17) is 16.3 Å². The predicted molar refractivity (Wildman–Crippen MR) is 51.8 cm³/mol. The fourth-order valence-electron chi connectivity index (χ4n) is 1.04. The summed E-state index contributed by atoms with van der Waals surface area (Å²) in [6.07, 6.45) is -1.00. The molecule has 0 amide bonds. The Kier molecular flexibility index (Phi) is 3.65. The smallest absolute Gasteiger partial charge is 0.303 e. The molecule has 14 heavy (non-hydrogen) atoms. The lowest BCUT2D eigenvalue weighted by atomic mass is 10.1. The Morgan fingerprint density at radius 3 is 2.29 bits per heavy atom. The first kappa shape index (κ1) is 10.7. The van der Waals surface area contributed by atoms with E-state index in [0.29, 0.717) is 5.56 Å². The Morgan fingerprint density at radius 1 is 1.29 bits per heavy atom. The van der Waals surface area contributed by atoms with Gasteiger partial charge in [0, 0.05) is 12.5 Å². The van der Waals surface area contributed by atoms with E-state index in [0.717, 1.165) is 0 Å². The molecule has 0 aliphatic heterocycles. The summed E-state index contributed by atoms with van der Waals surface area (Å²) in [6, 6.07) is 8.63. The highest BCUT2D eigenvalue weighted by Crippen LogP contribution is 2.19. The number of hydrogen-bond acceptors (Lipinski definition) is 3. The van der Waals surface area contributed by atoms with Crippen molar-refractivity contribution in [3.05, 3.63) is 35.9 Å². The number of rotatable bonds is 3. The summed E-state index contributed by atoms with van der Waals surface area (Å²) in [5.74, 6) is -0.534. The molecule has 1 rings (SSSR count). The highest BCUT2D eigenvalue weighted by atomic mass is 35.5. The van der Waals surface area contributed by atoms with Crippen molar-refractivity contribution in [2.24, 2.45) is 0 Å². The molecule has 0 bridgehead atoms. The van der Waals surface area contributed by atoms with Crippen LogP contribution in [0.4, 0.5) is 0 Å². The van der Waals surface area contributed by atoms with Crippen LogP contribution in [-0.4, -0.2) is 11.2 Å². The van der Waals surface area contributed by atoms with Crippen LogP contribution in [0.1, 0.15) is 18.6 Å². The fourth-order valence-corrected chi connectivity index (χ4v) is 1.21. The van der Waals surface area contributed by atoms with E-state index in [1.54, 1.807) is 30.3 Å². The lowest BCUT2D eigenvalue weighted by Crippen LogP contribution is -2.14. The maximum Gasteiger partial charge on any atom is 0.303 e. The van der Waals surface area contributed by atoms with Crippen molar-refractivity contribution in [3.63, 3.8) is 0 Å². The van der Waals surface area contributed by atoms with Crippen LogP contribution in [0.15, 0.2) is 30.3 Å². The van der Waals surface area contributed by atoms with Gasteiger partial charge >= 0.3 is 5.97 Å². The predicted octanol–water partition coefficient (Wildman–Crippen LogP) is 2.06. The maximum absolute atomic E-state index is 11.0. The number of esters is 1. The van der Waals surface area contributed by atoms with Crippen molar-refractivity contribution < 1.29 is 14.3 Å². The van der Waals surface area contributed by atoms with Crippen LogP contribution < -0.4 is 0 Å². The zero-order valence-corrected chi connectivity index (χ0v) is 8.32. The molecule has 1 unspecified atom stereocenters. The van der Waals surface area contributed by atoms with E-state index < -0.39 is 17.3 Å². The third kappa shape index (κ3) is 2.85. The summed E-state index contributed by atoms with van der Waals surface area (Å²) in [7, 11) is 0. The zero-order chi connectivity index (χ0) is 10.6. The van der Waals surface area contributed by atoms with Crippen molar-refractivity contribution in [1.82, 2.24) is 0 Å². The van der Waals surface area contributed by atoms with E-state index >= 15 is 0 Å². The summed E-state index contributed by atoms with van der Waals surface area (Å²) < 4.78 is 4.78. The highest BCUT2D eigenvalue weighted by Gasteiger charge is 2.21. The number of ether oxygens (including phenoxy) is 1. The third-order valence-electron chi connectivity index (χ3n) is 1.59. The van der Waals surface area contributed by atoms with Gasteiger partial charge in [-0.15, -0.1) is 0 Å². The van der Waals surface area contributed by atoms with Crippen molar-refractivity contribution in [2.45, 2.75) is 13.0 Å². The molecular weight excluding hydrogens is 204 g/mol. The molecule has 3 nitrogen and oxygen atoms in total. The summed E-state index contributed by atoms with van der Waals surface area (Å²) in [5, 5.41) is -0.702. The molecule has 0 fully saturated rings. The standard InChI is InChI=1S/C10H9ClO3/c1-7(12)14-9(10(11)13)8-5-3-2-4-6-8/h2-6,9H,1H3. The first-order valence-corrected chi connectivity index (χ1v) is 4.40. The molecule has 0 aliphatic carbocycles. The van der Waals surface area contributed by atoms with Gasteiger partial charge in [-0.05, 0) is 11.6 Å². The van der Waals surface area contributed by atoms with Gasteiger partial charge in [-0.1, -0.05) is 30.3 Å². The second-order valence-corrected chi connectivity index (χ2v) is 3.08. The average molecular weight is 213 g/mol. The van der Waals surface area contributed by atoms with Gasteiger partial charge in [0.2, 0.25) is 6.10 Å². The minimum atomic E-state index is -1.00. The van der Waals surface area contributed by atoms with Gasteiger partial charge in [0.05, 0.1) is 0 Å². The zero-order valence-electron chi connectivity index (χ0n) is 7.57. The topological polar surface area (TPSA) is 43.4 Å². The molecule has 0 aromatic heterocycles. The Hall–Kier alpha value is -1.35. The molecule has 1 atom stereocenters. The normalized spacial score (nSPS) is 11.9. The van der Waals surface area contributed by atoms with Crippen LogP contribution in [0.3, 0.4) is 0 Å². The van der Waals surface area contributed by atoms with E-state index in [2.05, 4.69) is 0 Å². The summed E-state index contributed by atoms with van der Waals surface area (Å²) in [5.41, 5.74) is 0.572. The molecule has 0 aliphatic rings. The Bertz CT molecular complexity index is 334. The van der Waals surface area contributed by atoms with Gasteiger partial charge < -0.3 is 4.74 Å². The molecule has 0 radical (unpaired) electrons. The second-order valence-electron chi connectivity index (χ2n) is 2.70. The first-order valence-electron chi connectivity index (χ1n) is 4.03. The Labute approximate surface area is 86.6 Å². The molecule has 0 N–H and O–H groups in total. The summed E-state index contributed by atoms with van der Waals surface area (Å²) in [6.45, 7) is 1.23. The van der Waals surface area contributed by atoms with Gasteiger partial charge in [0.15, 0.2) is 0 Å². The van der Waals surface area contributed by atoms with Crippen LogP contribution in [0, 0.1) is 0 Å². The minimum absolute atomic E-state index is 0.534. The number of carbonyl (C=O) groups is 2. The number of benzene rings is 1. The van der Waals surface area contributed by atoms with Crippen molar-refractivity contribution in [3.8, 4) is 0 Å². The molecule has 0 heterocycles. The molecule has 1 aromatic carbocycles. The Balaban J connectivity index is 2.89. The number of hydrogen-bond donors (Lipinski definition) is 0. The summed E-state index contributed by atoms with van der Waals surface area (Å²) in [4.78, 5) is 21.7. The van der Waals surface area contributed by atoms with Gasteiger partial charge in [0.1, 0.15) is 0 Å². The quantitative estimate of drug-likeness (QED) is 0.569. The van der Waals surface area contributed by atoms with E-state index in [-0.39, 0.29) is 0 Å². The number of halogens is 1. The number of carbonyl (C=O) groups excluding carboxylic acids is 2. The highest BCUT2D eigenvalue weighted by molar-refractivity contribution is 6.64. The van der Waals surface area contributed by atoms with Crippen molar-refractivity contribution in [2.75, 3.05) is 0 Å². The molecule has 0 spiro atoms. The van der Waals surface area contributed by atoms with Crippen LogP contribution in [0.25, 0.3) is 0 Å². The van der Waals surface area contributed by atoms with E-state index in [1.165, 1.54) is 6.92 Å². The summed E-state index contributed by atoms with van der Waals surface area (Å²) >= 11 is 5.31. The maximum atomic E-state index is 11.0. The van der Waals surface area contributed by atoms with Crippen molar-refractivity contribution >= 4 is 22.8 Å². The van der Waals surface area contributed by atoms with Gasteiger partial charge in [-0.3, -0.25) is 9.59 Å². The first-order chi connectivity index (χ1) is 6.61. The lowest BCUT2D eigenvalue weighted by Gasteiger charge is -2.12. The molecule has 4 heteroatoms. The van der Waals surface area contributed by atoms with E-state index in [1.807, 2.05) is 0 Å².